The van der Waals surface area contributed by atoms with E-state index in [-0.39, 0.29) is 6.54 Å². The van der Waals surface area contributed by atoms with E-state index in [1.807, 2.05) is 43.1 Å². The third-order valence-corrected chi connectivity index (χ3v) is 3.92. The molecule has 0 fully saturated rings. The van der Waals surface area contributed by atoms with Crippen molar-refractivity contribution in [2.75, 3.05) is 33.3 Å². The van der Waals surface area contributed by atoms with E-state index in [2.05, 4.69) is 22.2 Å². The molecule has 6 heteroatoms. The van der Waals surface area contributed by atoms with E-state index in [0.717, 1.165) is 23.8 Å². The van der Waals surface area contributed by atoms with Crippen LogP contribution in [0.4, 0.5) is 0 Å². The van der Waals surface area contributed by atoms with Crippen LogP contribution in [0.15, 0.2) is 53.8 Å². The van der Waals surface area contributed by atoms with E-state index in [9.17, 15) is 5.11 Å². The Kier molecular flexibility index (Phi) is 7.89. The first kappa shape index (κ1) is 19.7. The molecule has 2 N–H and O–H groups in total. The molecular weight excluding hydrogens is 328 g/mol. The molecule has 1 heterocycles. The summed E-state index contributed by atoms with van der Waals surface area (Å²) in [5, 5.41) is 13.5. The number of nitrogens with zero attached hydrogens (tertiary/aromatic N) is 3. The van der Waals surface area contributed by atoms with Crippen molar-refractivity contribution < 1.29 is 9.84 Å². The van der Waals surface area contributed by atoms with Crippen LogP contribution < -0.4 is 10.1 Å². The maximum Gasteiger partial charge on any atom is 0.193 e. The summed E-state index contributed by atoms with van der Waals surface area (Å²) in [5.41, 5.74) is 2.02. The van der Waals surface area contributed by atoms with Crippen LogP contribution in [0, 0.1) is 6.92 Å². The fourth-order valence-electron chi connectivity index (χ4n) is 2.37. The van der Waals surface area contributed by atoms with Gasteiger partial charge in [0.2, 0.25) is 0 Å². The smallest absolute Gasteiger partial charge is 0.193 e. The molecule has 0 saturated carbocycles. The van der Waals surface area contributed by atoms with Crippen LogP contribution in [0.3, 0.4) is 0 Å². The number of guanidine groups is 1. The number of aryl methyl sites for hydroxylation is 1. The quantitative estimate of drug-likeness (QED) is 0.561. The van der Waals surface area contributed by atoms with Crippen molar-refractivity contribution in [2.24, 2.45) is 4.99 Å². The Balaban J connectivity index is 1.87. The number of aliphatic imine (C=N–C) groups is 1. The number of benzene rings is 1. The molecule has 1 aromatic carbocycles. The highest BCUT2D eigenvalue weighted by Gasteiger charge is 2.10. The maximum absolute atomic E-state index is 10.3. The first-order chi connectivity index (χ1) is 12.6. The molecule has 2 aromatic rings. The highest BCUT2D eigenvalue weighted by molar-refractivity contribution is 5.79. The molecular formula is C20H28N4O2. The number of hydrogen-bond donors (Lipinski definition) is 2. The van der Waals surface area contributed by atoms with Gasteiger partial charge in [0.05, 0.1) is 19.2 Å². The molecule has 0 bridgehead atoms. The summed E-state index contributed by atoms with van der Waals surface area (Å²) in [6.07, 6.45) is 2.69. The SMILES string of the molecule is CCNC(=NCC(O)c1ccncc1)N(C)CCOc1ccc(C)cc1. The maximum atomic E-state index is 10.3. The minimum absolute atomic E-state index is 0.287. The molecule has 2 rings (SSSR count). The molecule has 1 aromatic heterocycles. The van der Waals surface area contributed by atoms with Crippen molar-refractivity contribution in [1.29, 1.82) is 0 Å². The fourth-order valence-corrected chi connectivity index (χ4v) is 2.37. The molecule has 0 spiro atoms. The summed E-state index contributed by atoms with van der Waals surface area (Å²) in [6, 6.07) is 11.6. The molecule has 0 saturated heterocycles. The lowest BCUT2D eigenvalue weighted by molar-refractivity contribution is 0.186. The molecule has 0 radical (unpaired) electrons. The van der Waals surface area contributed by atoms with Crippen molar-refractivity contribution in [3.05, 3.63) is 59.9 Å². The second-order valence-electron chi connectivity index (χ2n) is 6.07. The zero-order valence-electron chi connectivity index (χ0n) is 15.7. The van der Waals surface area contributed by atoms with Gasteiger partial charge in [-0.1, -0.05) is 17.7 Å². The van der Waals surface area contributed by atoms with Gasteiger partial charge >= 0.3 is 0 Å². The van der Waals surface area contributed by atoms with Crippen LogP contribution in [0.1, 0.15) is 24.2 Å². The molecule has 26 heavy (non-hydrogen) atoms. The normalized spacial score (nSPS) is 12.5. The summed E-state index contributed by atoms with van der Waals surface area (Å²) >= 11 is 0. The largest absolute Gasteiger partial charge is 0.492 e. The number of aliphatic hydroxyl groups excluding tert-OH is 1. The summed E-state index contributed by atoms with van der Waals surface area (Å²) in [6.45, 7) is 6.35. The van der Waals surface area contributed by atoms with Gasteiger partial charge in [0.1, 0.15) is 12.4 Å². The van der Waals surface area contributed by atoms with E-state index in [1.165, 1.54) is 5.56 Å². The Morgan fingerprint density at radius 3 is 2.58 bits per heavy atom. The Bertz CT molecular complexity index is 674. The number of pyridine rings is 1. The highest BCUT2D eigenvalue weighted by atomic mass is 16.5. The van der Waals surface area contributed by atoms with E-state index in [0.29, 0.717) is 13.2 Å². The second-order valence-corrected chi connectivity index (χ2v) is 6.07. The Labute approximate surface area is 155 Å². The molecule has 0 amide bonds. The molecule has 140 valence electrons. The third kappa shape index (κ3) is 6.37. The number of nitrogens with one attached hydrogen (secondary N) is 1. The van der Waals surface area contributed by atoms with Crippen molar-refractivity contribution >= 4 is 5.96 Å². The van der Waals surface area contributed by atoms with Crippen molar-refractivity contribution in [3.8, 4) is 5.75 Å². The predicted molar refractivity (Wildman–Crippen MR) is 104 cm³/mol. The van der Waals surface area contributed by atoms with Gasteiger partial charge in [-0.3, -0.25) is 9.98 Å². The van der Waals surface area contributed by atoms with Crippen LogP contribution in [0.25, 0.3) is 0 Å². The summed E-state index contributed by atoms with van der Waals surface area (Å²) in [7, 11) is 1.96. The van der Waals surface area contributed by atoms with Gasteiger partial charge in [-0.25, -0.2) is 0 Å². The van der Waals surface area contributed by atoms with Crippen molar-refractivity contribution in [3.63, 3.8) is 0 Å². The summed E-state index contributed by atoms with van der Waals surface area (Å²) in [5.74, 6) is 1.60. The lowest BCUT2D eigenvalue weighted by Crippen LogP contribution is -2.41. The Morgan fingerprint density at radius 1 is 1.23 bits per heavy atom. The lowest BCUT2D eigenvalue weighted by Gasteiger charge is -2.22. The topological polar surface area (TPSA) is 70.0 Å². The summed E-state index contributed by atoms with van der Waals surface area (Å²) in [4.78, 5) is 10.5. The average Bonchev–Trinajstić information content (AvgIpc) is 2.67. The highest BCUT2D eigenvalue weighted by Crippen LogP contribution is 2.12. The van der Waals surface area contributed by atoms with Crippen LogP contribution in [0.5, 0.6) is 5.75 Å². The minimum Gasteiger partial charge on any atom is -0.492 e. The summed E-state index contributed by atoms with van der Waals surface area (Å²) < 4.78 is 5.77. The molecule has 0 aliphatic carbocycles. The van der Waals surface area contributed by atoms with Crippen LogP contribution >= 0.6 is 0 Å². The Hall–Kier alpha value is -2.60. The monoisotopic (exact) mass is 356 g/mol. The first-order valence-electron chi connectivity index (χ1n) is 8.87. The number of aromatic nitrogens is 1. The molecule has 0 aliphatic rings. The van der Waals surface area contributed by atoms with Gasteiger partial charge in [0.15, 0.2) is 5.96 Å². The number of likely N-dealkylation sites (N-methyl/N-ethyl adjacent to an activating group) is 1. The van der Waals surface area contributed by atoms with E-state index in [4.69, 9.17) is 4.74 Å². The van der Waals surface area contributed by atoms with Crippen LogP contribution in [-0.2, 0) is 0 Å². The number of rotatable bonds is 8. The van der Waals surface area contributed by atoms with E-state index >= 15 is 0 Å². The zero-order valence-corrected chi connectivity index (χ0v) is 15.7. The number of aliphatic hydroxyl groups is 1. The second kappa shape index (κ2) is 10.4. The fraction of sp³-hybridized carbons (Fsp3) is 0.400. The predicted octanol–water partition coefficient (Wildman–Crippen LogP) is 2.40. The standard InChI is InChI=1S/C20H28N4O2/c1-4-22-20(23-15-19(25)17-9-11-21-12-10-17)24(3)13-14-26-18-7-5-16(2)6-8-18/h5-12,19,25H,4,13-15H2,1-3H3,(H,22,23). The van der Waals surface area contributed by atoms with E-state index < -0.39 is 6.10 Å². The van der Waals surface area contributed by atoms with Crippen molar-refractivity contribution in [2.45, 2.75) is 20.0 Å². The van der Waals surface area contributed by atoms with Gasteiger partial charge < -0.3 is 20.1 Å². The van der Waals surface area contributed by atoms with Crippen LogP contribution in [0.2, 0.25) is 0 Å². The van der Waals surface area contributed by atoms with E-state index in [1.54, 1.807) is 24.5 Å². The Morgan fingerprint density at radius 2 is 1.92 bits per heavy atom. The lowest BCUT2D eigenvalue weighted by atomic mass is 10.1. The van der Waals surface area contributed by atoms with Gasteiger partial charge in [0, 0.05) is 26.0 Å². The van der Waals surface area contributed by atoms with Gasteiger partial charge in [-0.2, -0.15) is 0 Å². The van der Waals surface area contributed by atoms with Gasteiger partial charge in [-0.15, -0.1) is 0 Å². The molecule has 6 nitrogen and oxygen atoms in total. The van der Waals surface area contributed by atoms with Crippen LogP contribution in [-0.4, -0.2) is 54.2 Å². The number of ether oxygens (including phenoxy) is 1. The third-order valence-electron chi connectivity index (χ3n) is 3.92. The van der Waals surface area contributed by atoms with Crippen molar-refractivity contribution in [1.82, 2.24) is 15.2 Å². The average molecular weight is 356 g/mol. The first-order valence-corrected chi connectivity index (χ1v) is 8.87. The molecule has 0 aliphatic heterocycles. The molecule has 1 unspecified atom stereocenters. The minimum atomic E-state index is -0.649. The number of hydrogen-bond acceptors (Lipinski definition) is 4. The molecule has 1 atom stereocenters. The zero-order chi connectivity index (χ0) is 18.8. The van der Waals surface area contributed by atoms with Gasteiger partial charge in [0.25, 0.3) is 0 Å². The van der Waals surface area contributed by atoms with Gasteiger partial charge in [-0.05, 0) is 43.7 Å².